The van der Waals surface area contributed by atoms with E-state index in [1.54, 1.807) is 11.7 Å². The number of anilines is 3. The lowest BCUT2D eigenvalue weighted by Gasteiger charge is -2.03. The number of carbonyl (C=O) groups excluding carboxylic acids is 1. The fraction of sp³-hybridized carbons (Fsp3) is 0.250. The van der Waals surface area contributed by atoms with E-state index in [0.29, 0.717) is 10.9 Å². The average molecular weight is 374 g/mol. The largest absolute Gasteiger partial charge is 0.330 e. The number of benzene rings is 1. The number of hydrogen-bond donors (Lipinski definition) is 2. The number of amides is 1. The van der Waals surface area contributed by atoms with Crippen LogP contribution in [0.1, 0.15) is 11.3 Å². The van der Waals surface area contributed by atoms with Crippen LogP contribution in [-0.4, -0.2) is 31.6 Å². The molecule has 1 aromatic carbocycles. The fourth-order valence-electron chi connectivity index (χ4n) is 2.11. The van der Waals surface area contributed by atoms with E-state index >= 15 is 0 Å². The van der Waals surface area contributed by atoms with Crippen molar-refractivity contribution in [1.82, 2.24) is 20.0 Å². The Kier molecular flexibility index (Phi) is 5.34. The Morgan fingerprint density at radius 2 is 2.00 bits per heavy atom. The van der Waals surface area contributed by atoms with Gasteiger partial charge in [-0.05, 0) is 26.0 Å². The molecule has 3 rings (SSSR count). The summed E-state index contributed by atoms with van der Waals surface area (Å²) in [6, 6.07) is 9.88. The van der Waals surface area contributed by atoms with E-state index in [2.05, 4.69) is 25.9 Å². The second-order valence-electron chi connectivity index (χ2n) is 5.50. The molecule has 2 aromatic heterocycles. The highest BCUT2D eigenvalue weighted by Gasteiger charge is 2.10. The Morgan fingerprint density at radius 3 is 2.68 bits per heavy atom. The third-order valence-electron chi connectivity index (χ3n) is 3.31. The highest BCUT2D eigenvalue weighted by molar-refractivity contribution is 8.01. The first-order valence-electron chi connectivity index (χ1n) is 7.60. The average Bonchev–Trinajstić information content (AvgIpc) is 3.14. The molecule has 0 radical (unpaired) electrons. The van der Waals surface area contributed by atoms with E-state index in [-0.39, 0.29) is 11.7 Å². The summed E-state index contributed by atoms with van der Waals surface area (Å²) >= 11 is 2.78. The third-order valence-corrected chi connectivity index (χ3v) is 5.28. The van der Waals surface area contributed by atoms with Crippen molar-refractivity contribution in [3.05, 3.63) is 41.6 Å². The maximum Gasteiger partial charge on any atom is 0.235 e. The lowest BCUT2D eigenvalue weighted by atomic mass is 10.2. The number of aryl methyl sites for hydroxylation is 3. The predicted octanol–water partition coefficient (Wildman–Crippen LogP) is 3.36. The Morgan fingerprint density at radius 1 is 1.24 bits per heavy atom. The molecule has 0 bridgehead atoms. The van der Waals surface area contributed by atoms with E-state index in [1.165, 1.54) is 28.7 Å². The number of thioether (sulfide) groups is 1. The van der Waals surface area contributed by atoms with E-state index in [1.807, 2.05) is 44.2 Å². The summed E-state index contributed by atoms with van der Waals surface area (Å²) in [5.41, 5.74) is 3.03. The van der Waals surface area contributed by atoms with Gasteiger partial charge in [-0.2, -0.15) is 5.10 Å². The second-order valence-corrected chi connectivity index (χ2v) is 7.70. The van der Waals surface area contributed by atoms with Crippen LogP contribution >= 0.6 is 23.1 Å². The molecule has 3 aromatic rings. The van der Waals surface area contributed by atoms with Gasteiger partial charge in [-0.25, -0.2) is 0 Å². The van der Waals surface area contributed by atoms with Gasteiger partial charge in [-0.3, -0.25) is 9.48 Å². The smallest absolute Gasteiger partial charge is 0.235 e. The molecule has 7 nitrogen and oxygen atoms in total. The molecule has 0 spiro atoms. The summed E-state index contributed by atoms with van der Waals surface area (Å²) in [4.78, 5) is 12.0. The van der Waals surface area contributed by atoms with Gasteiger partial charge in [0.15, 0.2) is 4.34 Å². The molecule has 0 atom stereocenters. The summed E-state index contributed by atoms with van der Waals surface area (Å²) in [7, 11) is 1.80. The van der Waals surface area contributed by atoms with Crippen LogP contribution in [0.25, 0.3) is 0 Å². The maximum atomic E-state index is 12.0. The van der Waals surface area contributed by atoms with Crippen LogP contribution in [0, 0.1) is 13.8 Å². The molecule has 130 valence electrons. The Hall–Kier alpha value is -2.39. The molecule has 0 aliphatic rings. The standard InChI is InChI=1S/C16H18N6OS2/c1-10-4-6-12(7-5-10)17-15-19-20-16(25-15)24-9-14(23)18-13-8-11(2)21-22(13)3/h4-8H,9H2,1-3H3,(H,17,19)(H,18,23). The van der Waals surface area contributed by atoms with Gasteiger partial charge in [-0.15, -0.1) is 10.2 Å². The third kappa shape index (κ3) is 4.80. The summed E-state index contributed by atoms with van der Waals surface area (Å²) in [5, 5.41) is 19.1. The van der Waals surface area contributed by atoms with Gasteiger partial charge in [0.1, 0.15) is 5.82 Å². The summed E-state index contributed by atoms with van der Waals surface area (Å²) in [6.45, 7) is 3.93. The van der Waals surface area contributed by atoms with Crippen LogP contribution in [0.3, 0.4) is 0 Å². The quantitative estimate of drug-likeness (QED) is 0.644. The van der Waals surface area contributed by atoms with Crippen molar-refractivity contribution in [3.8, 4) is 0 Å². The number of hydrogen-bond acceptors (Lipinski definition) is 7. The molecule has 9 heteroatoms. The molecular formula is C16H18N6OS2. The Labute approximate surface area is 153 Å². The zero-order valence-corrected chi connectivity index (χ0v) is 15.7. The van der Waals surface area contributed by atoms with Crippen LogP contribution in [0.15, 0.2) is 34.7 Å². The van der Waals surface area contributed by atoms with E-state index in [9.17, 15) is 4.79 Å². The van der Waals surface area contributed by atoms with Crippen molar-refractivity contribution in [2.45, 2.75) is 18.2 Å². The molecule has 0 unspecified atom stereocenters. The fourth-order valence-corrected chi connectivity index (χ4v) is 3.68. The molecule has 0 saturated carbocycles. The molecule has 0 aliphatic carbocycles. The lowest BCUT2D eigenvalue weighted by molar-refractivity contribution is -0.113. The lowest BCUT2D eigenvalue weighted by Crippen LogP contribution is -2.16. The molecule has 0 fully saturated rings. The Bertz CT molecular complexity index is 871. The normalized spacial score (nSPS) is 10.7. The van der Waals surface area contributed by atoms with Crippen molar-refractivity contribution in [1.29, 1.82) is 0 Å². The van der Waals surface area contributed by atoms with Crippen molar-refractivity contribution in [2.24, 2.45) is 7.05 Å². The van der Waals surface area contributed by atoms with Gasteiger partial charge in [0, 0.05) is 18.8 Å². The van der Waals surface area contributed by atoms with Crippen LogP contribution in [0.5, 0.6) is 0 Å². The van der Waals surface area contributed by atoms with Crippen LogP contribution in [0.4, 0.5) is 16.6 Å². The first kappa shape index (κ1) is 17.4. The first-order valence-corrected chi connectivity index (χ1v) is 9.40. The number of carbonyl (C=O) groups is 1. The predicted molar refractivity (Wildman–Crippen MR) is 102 cm³/mol. The highest BCUT2D eigenvalue weighted by atomic mass is 32.2. The van der Waals surface area contributed by atoms with Gasteiger partial charge in [-0.1, -0.05) is 40.8 Å². The number of nitrogens with one attached hydrogen (secondary N) is 2. The molecule has 25 heavy (non-hydrogen) atoms. The van der Waals surface area contributed by atoms with Gasteiger partial charge < -0.3 is 10.6 Å². The second kappa shape index (κ2) is 7.66. The topological polar surface area (TPSA) is 84.7 Å². The summed E-state index contributed by atoms with van der Waals surface area (Å²) in [6.07, 6.45) is 0. The highest BCUT2D eigenvalue weighted by Crippen LogP contribution is 2.27. The zero-order chi connectivity index (χ0) is 17.8. The molecule has 0 aliphatic heterocycles. The Balaban J connectivity index is 1.52. The molecular weight excluding hydrogens is 356 g/mol. The van der Waals surface area contributed by atoms with Crippen LogP contribution in [-0.2, 0) is 11.8 Å². The first-order chi connectivity index (χ1) is 12.0. The van der Waals surface area contributed by atoms with Crippen LogP contribution in [0.2, 0.25) is 0 Å². The zero-order valence-electron chi connectivity index (χ0n) is 14.1. The number of nitrogens with zero attached hydrogens (tertiary/aromatic N) is 4. The maximum absolute atomic E-state index is 12.0. The van der Waals surface area contributed by atoms with E-state index in [0.717, 1.165) is 15.7 Å². The van der Waals surface area contributed by atoms with Gasteiger partial charge in [0.05, 0.1) is 11.4 Å². The van der Waals surface area contributed by atoms with Crippen molar-refractivity contribution in [3.63, 3.8) is 0 Å². The number of rotatable bonds is 6. The van der Waals surface area contributed by atoms with Crippen LogP contribution < -0.4 is 10.6 Å². The van der Waals surface area contributed by atoms with E-state index in [4.69, 9.17) is 0 Å². The van der Waals surface area contributed by atoms with E-state index < -0.39 is 0 Å². The van der Waals surface area contributed by atoms with Gasteiger partial charge in [0.25, 0.3) is 0 Å². The SMILES string of the molecule is Cc1ccc(Nc2nnc(SCC(=O)Nc3cc(C)nn3C)s2)cc1. The van der Waals surface area contributed by atoms with Crippen molar-refractivity contribution < 1.29 is 4.79 Å². The number of aromatic nitrogens is 4. The molecule has 1 amide bonds. The van der Waals surface area contributed by atoms with Crippen molar-refractivity contribution >= 4 is 45.6 Å². The minimum Gasteiger partial charge on any atom is -0.330 e. The molecule has 2 heterocycles. The van der Waals surface area contributed by atoms with Crippen molar-refractivity contribution in [2.75, 3.05) is 16.4 Å². The summed E-state index contributed by atoms with van der Waals surface area (Å²) < 4.78 is 2.39. The minimum atomic E-state index is -0.101. The molecule has 2 N–H and O–H groups in total. The molecule has 0 saturated heterocycles. The van der Waals surface area contributed by atoms with Gasteiger partial charge in [0.2, 0.25) is 11.0 Å². The minimum absolute atomic E-state index is 0.101. The monoisotopic (exact) mass is 374 g/mol. The van der Waals surface area contributed by atoms with Gasteiger partial charge >= 0.3 is 0 Å². The summed E-state index contributed by atoms with van der Waals surface area (Å²) in [5.74, 6) is 0.849.